The highest BCUT2D eigenvalue weighted by Crippen LogP contribution is 2.35. The normalized spacial score (nSPS) is 16.3. The van der Waals surface area contributed by atoms with Crippen molar-refractivity contribution in [3.8, 4) is 23.0 Å². The first kappa shape index (κ1) is 18.9. The Kier molecular flexibility index (Phi) is 4.87. The van der Waals surface area contributed by atoms with Gasteiger partial charge in [-0.3, -0.25) is 4.79 Å². The van der Waals surface area contributed by atoms with Gasteiger partial charge in [0, 0.05) is 31.0 Å². The van der Waals surface area contributed by atoms with Crippen molar-refractivity contribution in [3.05, 3.63) is 53.9 Å². The molecule has 29 heavy (non-hydrogen) atoms. The molecule has 0 spiro atoms. The number of anilines is 1. The molecule has 1 amide bonds. The molecule has 4 rings (SSSR count). The lowest BCUT2D eigenvalue weighted by Crippen LogP contribution is -2.25. The number of nitrogens with zero attached hydrogens (tertiary/aromatic N) is 3. The predicted molar refractivity (Wildman–Crippen MR) is 98.9 cm³/mol. The van der Waals surface area contributed by atoms with Gasteiger partial charge in [-0.2, -0.15) is 4.98 Å². The van der Waals surface area contributed by atoms with E-state index in [1.807, 2.05) is 0 Å². The molecule has 0 saturated carbocycles. The summed E-state index contributed by atoms with van der Waals surface area (Å²) < 4.78 is 43.4. The Morgan fingerprint density at radius 1 is 1.14 bits per heavy atom. The van der Waals surface area contributed by atoms with Crippen LogP contribution in [0.15, 0.2) is 40.9 Å². The Hall–Kier alpha value is -3.49. The number of carbonyl (C=O) groups is 1. The van der Waals surface area contributed by atoms with E-state index in [0.717, 1.165) is 18.2 Å². The zero-order chi connectivity index (χ0) is 20.5. The fourth-order valence-corrected chi connectivity index (χ4v) is 3.29. The van der Waals surface area contributed by atoms with Crippen molar-refractivity contribution < 1.29 is 27.6 Å². The van der Waals surface area contributed by atoms with Gasteiger partial charge in [0.15, 0.2) is 5.82 Å². The fraction of sp³-hybridized carbons (Fsp3) is 0.250. The minimum absolute atomic E-state index is 0.0642. The van der Waals surface area contributed by atoms with Crippen molar-refractivity contribution in [2.45, 2.75) is 12.3 Å². The van der Waals surface area contributed by atoms with Crippen LogP contribution in [-0.4, -0.2) is 36.8 Å². The molecule has 0 radical (unpaired) electrons. The molecule has 1 fully saturated rings. The summed E-state index contributed by atoms with van der Waals surface area (Å²) in [7, 11) is 3.06. The SMILES string of the molecule is COc1ccc(-c2nc(C3CC(=O)N(c4cc(F)ccc4F)C3)no2)c(OC)c1. The second-order valence-corrected chi connectivity index (χ2v) is 6.53. The number of benzene rings is 2. The van der Waals surface area contributed by atoms with Crippen molar-refractivity contribution in [1.29, 1.82) is 0 Å². The quantitative estimate of drug-likeness (QED) is 0.651. The Labute approximate surface area is 164 Å². The van der Waals surface area contributed by atoms with Crippen molar-refractivity contribution in [3.63, 3.8) is 0 Å². The topological polar surface area (TPSA) is 77.7 Å². The summed E-state index contributed by atoms with van der Waals surface area (Å²) in [6, 6.07) is 8.14. The van der Waals surface area contributed by atoms with Gasteiger partial charge >= 0.3 is 0 Å². The number of hydrogen-bond acceptors (Lipinski definition) is 6. The number of amides is 1. The molecule has 7 nitrogen and oxygen atoms in total. The van der Waals surface area contributed by atoms with Crippen LogP contribution in [0.3, 0.4) is 0 Å². The van der Waals surface area contributed by atoms with E-state index in [4.69, 9.17) is 14.0 Å². The van der Waals surface area contributed by atoms with E-state index in [-0.39, 0.29) is 30.5 Å². The summed E-state index contributed by atoms with van der Waals surface area (Å²) in [4.78, 5) is 18.0. The average Bonchev–Trinajstić information content (AvgIpc) is 3.36. The molecule has 0 N–H and O–H groups in total. The maximum Gasteiger partial charge on any atom is 0.261 e. The van der Waals surface area contributed by atoms with Gasteiger partial charge in [-0.15, -0.1) is 0 Å². The number of rotatable bonds is 5. The molecule has 1 unspecified atom stereocenters. The molecule has 9 heteroatoms. The summed E-state index contributed by atoms with van der Waals surface area (Å²) in [6.07, 6.45) is 0.0642. The zero-order valence-corrected chi connectivity index (χ0v) is 15.7. The van der Waals surface area contributed by atoms with Crippen LogP contribution in [0.25, 0.3) is 11.5 Å². The van der Waals surface area contributed by atoms with Gasteiger partial charge in [0.05, 0.1) is 25.5 Å². The van der Waals surface area contributed by atoms with Crippen LogP contribution in [0.5, 0.6) is 11.5 Å². The van der Waals surface area contributed by atoms with Gasteiger partial charge < -0.3 is 18.9 Å². The maximum atomic E-state index is 14.1. The summed E-state index contributed by atoms with van der Waals surface area (Å²) in [5, 5.41) is 3.98. The minimum atomic E-state index is -0.669. The summed E-state index contributed by atoms with van der Waals surface area (Å²) in [6.45, 7) is 0.123. The van der Waals surface area contributed by atoms with E-state index in [9.17, 15) is 13.6 Å². The lowest BCUT2D eigenvalue weighted by Gasteiger charge is -2.16. The number of aromatic nitrogens is 2. The van der Waals surface area contributed by atoms with Gasteiger partial charge in [-0.05, 0) is 24.3 Å². The summed E-state index contributed by atoms with van der Waals surface area (Å²) in [5.41, 5.74) is 0.474. The van der Waals surface area contributed by atoms with Crippen LogP contribution in [0.4, 0.5) is 14.5 Å². The monoisotopic (exact) mass is 401 g/mol. The van der Waals surface area contributed by atoms with E-state index in [1.165, 1.54) is 12.0 Å². The molecule has 1 aliphatic rings. The predicted octanol–water partition coefficient (Wildman–Crippen LogP) is 3.55. The molecule has 2 aromatic carbocycles. The minimum Gasteiger partial charge on any atom is -0.497 e. The highest BCUT2D eigenvalue weighted by molar-refractivity contribution is 5.96. The molecular formula is C20H17F2N3O4. The highest BCUT2D eigenvalue weighted by atomic mass is 19.1. The van der Waals surface area contributed by atoms with E-state index < -0.39 is 17.6 Å². The average molecular weight is 401 g/mol. The summed E-state index contributed by atoms with van der Waals surface area (Å²) in [5.74, 6) is -0.402. The molecule has 1 aliphatic heterocycles. The number of methoxy groups -OCH3 is 2. The Bertz CT molecular complexity index is 1070. The Morgan fingerprint density at radius 2 is 1.97 bits per heavy atom. The van der Waals surface area contributed by atoms with Gasteiger partial charge in [0.25, 0.3) is 5.89 Å². The third-order valence-electron chi connectivity index (χ3n) is 4.77. The number of halogens is 2. The van der Waals surface area contributed by atoms with Gasteiger partial charge in [-0.1, -0.05) is 5.16 Å². The molecule has 0 aliphatic carbocycles. The standard InChI is InChI=1S/C20H17F2N3O4/c1-27-13-4-5-14(17(9-13)28-2)20-23-19(24-29-20)11-7-18(26)25(10-11)16-8-12(21)3-6-15(16)22/h3-6,8-9,11H,7,10H2,1-2H3. The molecule has 1 atom stereocenters. The number of hydrogen-bond donors (Lipinski definition) is 0. The first-order valence-electron chi connectivity index (χ1n) is 8.81. The Balaban J connectivity index is 1.59. The largest absolute Gasteiger partial charge is 0.497 e. The zero-order valence-electron chi connectivity index (χ0n) is 15.7. The van der Waals surface area contributed by atoms with Crippen LogP contribution >= 0.6 is 0 Å². The van der Waals surface area contributed by atoms with E-state index >= 15 is 0 Å². The van der Waals surface area contributed by atoms with E-state index in [1.54, 1.807) is 25.3 Å². The van der Waals surface area contributed by atoms with Crippen LogP contribution in [0.1, 0.15) is 18.2 Å². The summed E-state index contributed by atoms with van der Waals surface area (Å²) >= 11 is 0. The fourth-order valence-electron chi connectivity index (χ4n) is 3.29. The van der Waals surface area contributed by atoms with E-state index in [2.05, 4.69) is 10.1 Å². The molecule has 1 saturated heterocycles. The lowest BCUT2D eigenvalue weighted by atomic mass is 10.1. The molecular weight excluding hydrogens is 384 g/mol. The molecule has 150 valence electrons. The third-order valence-corrected chi connectivity index (χ3v) is 4.77. The van der Waals surface area contributed by atoms with Gasteiger partial charge in [0.2, 0.25) is 5.91 Å². The van der Waals surface area contributed by atoms with Gasteiger partial charge in [-0.25, -0.2) is 8.78 Å². The van der Waals surface area contributed by atoms with Crippen LogP contribution in [0, 0.1) is 11.6 Å². The smallest absolute Gasteiger partial charge is 0.261 e. The van der Waals surface area contributed by atoms with E-state index in [0.29, 0.717) is 22.9 Å². The highest BCUT2D eigenvalue weighted by Gasteiger charge is 2.36. The van der Waals surface area contributed by atoms with Crippen molar-refractivity contribution in [2.75, 3.05) is 25.7 Å². The molecule has 1 aromatic heterocycles. The second-order valence-electron chi connectivity index (χ2n) is 6.53. The first-order valence-corrected chi connectivity index (χ1v) is 8.81. The van der Waals surface area contributed by atoms with Crippen LogP contribution in [0.2, 0.25) is 0 Å². The first-order chi connectivity index (χ1) is 14.0. The number of carbonyl (C=O) groups excluding carboxylic acids is 1. The number of ether oxygens (including phenoxy) is 2. The van der Waals surface area contributed by atoms with Gasteiger partial charge in [0.1, 0.15) is 23.1 Å². The second kappa shape index (κ2) is 7.50. The molecule has 3 aromatic rings. The third kappa shape index (κ3) is 3.51. The lowest BCUT2D eigenvalue weighted by molar-refractivity contribution is -0.117. The molecule has 2 heterocycles. The van der Waals surface area contributed by atoms with Crippen molar-refractivity contribution >= 4 is 11.6 Å². The van der Waals surface area contributed by atoms with Crippen molar-refractivity contribution in [1.82, 2.24) is 10.1 Å². The molecule has 0 bridgehead atoms. The Morgan fingerprint density at radius 3 is 2.72 bits per heavy atom. The maximum absolute atomic E-state index is 14.1. The van der Waals surface area contributed by atoms with Crippen molar-refractivity contribution in [2.24, 2.45) is 0 Å². The van der Waals surface area contributed by atoms with Crippen LogP contribution < -0.4 is 14.4 Å². The van der Waals surface area contributed by atoms with Crippen LogP contribution in [-0.2, 0) is 4.79 Å².